The summed E-state index contributed by atoms with van der Waals surface area (Å²) in [4.78, 5) is 14.9. The van der Waals surface area contributed by atoms with Gasteiger partial charge in [-0.2, -0.15) is 4.31 Å². The number of hydrogen-bond donors (Lipinski definition) is 1. The number of amides is 1. The Morgan fingerprint density at radius 1 is 0.968 bits per heavy atom. The summed E-state index contributed by atoms with van der Waals surface area (Å²) >= 11 is 0. The van der Waals surface area contributed by atoms with Crippen molar-refractivity contribution < 1.29 is 13.2 Å². The quantitative estimate of drug-likeness (QED) is 0.717. The topological polar surface area (TPSA) is 69.7 Å². The van der Waals surface area contributed by atoms with E-state index in [2.05, 4.69) is 29.6 Å². The molecule has 0 radical (unpaired) electrons. The fraction of sp³-hybridized carbons (Fsp3) is 0.458. The molecule has 4 rings (SSSR count). The van der Waals surface area contributed by atoms with Gasteiger partial charge >= 0.3 is 0 Å². The third-order valence-electron chi connectivity index (χ3n) is 6.68. The van der Waals surface area contributed by atoms with Crippen molar-refractivity contribution in [2.45, 2.75) is 36.5 Å². The fourth-order valence-electron chi connectivity index (χ4n) is 4.48. The Labute approximate surface area is 185 Å². The molecule has 31 heavy (non-hydrogen) atoms. The monoisotopic (exact) mass is 441 g/mol. The van der Waals surface area contributed by atoms with Gasteiger partial charge in [0.15, 0.2) is 0 Å². The Kier molecular flexibility index (Phi) is 6.46. The molecule has 1 aliphatic carbocycles. The van der Waals surface area contributed by atoms with Gasteiger partial charge in [0.2, 0.25) is 15.9 Å². The lowest BCUT2D eigenvalue weighted by Crippen LogP contribution is -2.52. The van der Waals surface area contributed by atoms with Crippen LogP contribution in [-0.2, 0) is 20.2 Å². The third-order valence-corrected chi connectivity index (χ3v) is 8.59. The number of nitrogens with zero attached hydrogens (tertiary/aromatic N) is 2. The van der Waals surface area contributed by atoms with Crippen molar-refractivity contribution in [1.29, 1.82) is 0 Å². The van der Waals surface area contributed by atoms with Crippen LogP contribution in [0.4, 0.5) is 0 Å². The van der Waals surface area contributed by atoms with Crippen LogP contribution in [-0.4, -0.2) is 62.8 Å². The van der Waals surface area contributed by atoms with E-state index < -0.39 is 10.0 Å². The van der Waals surface area contributed by atoms with Crippen LogP contribution >= 0.6 is 0 Å². The Balaban J connectivity index is 1.27. The van der Waals surface area contributed by atoms with Gasteiger partial charge in [-0.3, -0.25) is 9.69 Å². The highest BCUT2D eigenvalue weighted by atomic mass is 32.2. The Hall–Kier alpha value is -2.22. The second-order valence-electron chi connectivity index (χ2n) is 8.77. The maximum atomic E-state index is 12.8. The molecule has 2 aromatic carbocycles. The standard InChI is InChI=1S/C24H31N3O3S/c1-20-8-10-22(11-9-20)31(29,30)27-16-14-26(15-17-27)18-23(28)25-19-24(12-5-13-24)21-6-3-2-4-7-21/h2-4,6-11H,5,12-19H2,1H3,(H,25,28). The molecular formula is C24H31N3O3S. The van der Waals surface area contributed by atoms with Crippen LogP contribution in [0.3, 0.4) is 0 Å². The van der Waals surface area contributed by atoms with E-state index in [1.807, 2.05) is 30.0 Å². The van der Waals surface area contributed by atoms with Gasteiger partial charge in [0.05, 0.1) is 11.4 Å². The lowest BCUT2D eigenvalue weighted by Gasteiger charge is -2.43. The minimum Gasteiger partial charge on any atom is -0.354 e. The minimum atomic E-state index is -3.48. The number of nitrogens with one attached hydrogen (secondary N) is 1. The molecule has 166 valence electrons. The highest BCUT2D eigenvalue weighted by Crippen LogP contribution is 2.43. The van der Waals surface area contributed by atoms with E-state index >= 15 is 0 Å². The van der Waals surface area contributed by atoms with Crippen LogP contribution in [0.5, 0.6) is 0 Å². The van der Waals surface area contributed by atoms with Gasteiger partial charge in [-0.1, -0.05) is 54.4 Å². The zero-order valence-electron chi connectivity index (χ0n) is 18.1. The van der Waals surface area contributed by atoms with Crippen molar-refractivity contribution in [2.75, 3.05) is 39.3 Å². The molecule has 1 saturated heterocycles. The molecule has 1 amide bonds. The second kappa shape index (κ2) is 9.10. The highest BCUT2D eigenvalue weighted by Gasteiger charge is 2.38. The van der Waals surface area contributed by atoms with Crippen LogP contribution in [0.15, 0.2) is 59.5 Å². The van der Waals surface area contributed by atoms with Crippen molar-refractivity contribution in [3.63, 3.8) is 0 Å². The number of carbonyl (C=O) groups excluding carboxylic acids is 1. The molecule has 1 saturated carbocycles. The van der Waals surface area contributed by atoms with Crippen LogP contribution < -0.4 is 5.32 Å². The first kappa shape index (κ1) is 22.0. The third kappa shape index (κ3) is 4.84. The number of benzene rings is 2. The summed E-state index contributed by atoms with van der Waals surface area (Å²) in [6.45, 7) is 4.83. The number of rotatable bonds is 7. The first-order valence-corrected chi connectivity index (χ1v) is 12.4. The van der Waals surface area contributed by atoms with Crippen LogP contribution in [0.2, 0.25) is 0 Å². The SMILES string of the molecule is Cc1ccc(S(=O)(=O)N2CCN(CC(=O)NCC3(c4ccccc4)CCC3)CC2)cc1. The fourth-order valence-corrected chi connectivity index (χ4v) is 5.90. The number of piperazine rings is 1. The molecule has 0 spiro atoms. The molecular weight excluding hydrogens is 410 g/mol. The van der Waals surface area contributed by atoms with Gasteiger partial charge < -0.3 is 5.32 Å². The van der Waals surface area contributed by atoms with Gasteiger partial charge in [-0.15, -0.1) is 0 Å². The summed E-state index contributed by atoms with van der Waals surface area (Å²) in [7, 11) is -3.48. The van der Waals surface area contributed by atoms with E-state index in [9.17, 15) is 13.2 Å². The molecule has 2 fully saturated rings. The van der Waals surface area contributed by atoms with E-state index in [1.54, 1.807) is 12.1 Å². The molecule has 1 aliphatic heterocycles. The van der Waals surface area contributed by atoms with Gasteiger partial charge in [0, 0.05) is 38.1 Å². The van der Waals surface area contributed by atoms with E-state index in [0.29, 0.717) is 44.2 Å². The molecule has 0 aromatic heterocycles. The summed E-state index contributed by atoms with van der Waals surface area (Å²) < 4.78 is 27.2. The maximum Gasteiger partial charge on any atom is 0.243 e. The molecule has 1 N–H and O–H groups in total. The highest BCUT2D eigenvalue weighted by molar-refractivity contribution is 7.89. The number of sulfonamides is 1. The van der Waals surface area contributed by atoms with E-state index in [4.69, 9.17) is 0 Å². The number of carbonyl (C=O) groups is 1. The number of hydrogen-bond acceptors (Lipinski definition) is 4. The van der Waals surface area contributed by atoms with Crippen molar-refractivity contribution in [3.8, 4) is 0 Å². The van der Waals surface area contributed by atoms with Crippen LogP contribution in [0, 0.1) is 6.92 Å². The summed E-state index contributed by atoms with van der Waals surface area (Å²) in [6.07, 6.45) is 3.40. The van der Waals surface area contributed by atoms with Crippen molar-refractivity contribution >= 4 is 15.9 Å². The summed E-state index contributed by atoms with van der Waals surface area (Å²) in [5.41, 5.74) is 2.40. The molecule has 0 atom stereocenters. The molecule has 7 heteroatoms. The smallest absolute Gasteiger partial charge is 0.243 e. The zero-order chi connectivity index (χ0) is 21.9. The zero-order valence-corrected chi connectivity index (χ0v) is 18.9. The van der Waals surface area contributed by atoms with Crippen LogP contribution in [0.25, 0.3) is 0 Å². The van der Waals surface area contributed by atoms with Gasteiger partial charge in [-0.25, -0.2) is 8.42 Å². The predicted molar refractivity (Wildman–Crippen MR) is 121 cm³/mol. The normalized spacial score (nSPS) is 19.5. The summed E-state index contributed by atoms with van der Waals surface area (Å²) in [6, 6.07) is 17.4. The van der Waals surface area contributed by atoms with Crippen molar-refractivity contribution in [2.24, 2.45) is 0 Å². The Morgan fingerprint density at radius 2 is 1.61 bits per heavy atom. The minimum absolute atomic E-state index is 0.0112. The Morgan fingerprint density at radius 3 is 2.19 bits per heavy atom. The summed E-state index contributed by atoms with van der Waals surface area (Å²) in [5.74, 6) is 0.0112. The molecule has 2 aliphatic rings. The molecule has 0 bridgehead atoms. The summed E-state index contributed by atoms with van der Waals surface area (Å²) in [5, 5.41) is 3.13. The van der Waals surface area contributed by atoms with E-state index in [0.717, 1.165) is 18.4 Å². The molecule has 0 unspecified atom stereocenters. The first-order valence-electron chi connectivity index (χ1n) is 11.0. The maximum absolute atomic E-state index is 12.8. The van der Waals surface area contributed by atoms with Crippen LogP contribution in [0.1, 0.15) is 30.4 Å². The van der Waals surface area contributed by atoms with Crippen molar-refractivity contribution in [3.05, 3.63) is 65.7 Å². The first-order chi connectivity index (χ1) is 14.9. The van der Waals surface area contributed by atoms with Crippen molar-refractivity contribution in [1.82, 2.24) is 14.5 Å². The Bertz CT molecular complexity index is 994. The largest absolute Gasteiger partial charge is 0.354 e. The van der Waals surface area contributed by atoms with Gasteiger partial charge in [0.1, 0.15) is 0 Å². The molecule has 1 heterocycles. The second-order valence-corrected chi connectivity index (χ2v) is 10.7. The van der Waals surface area contributed by atoms with Gasteiger partial charge in [0.25, 0.3) is 0 Å². The number of aryl methyl sites for hydroxylation is 1. The molecule has 6 nitrogen and oxygen atoms in total. The lowest BCUT2D eigenvalue weighted by atomic mass is 9.64. The average Bonchev–Trinajstić information content (AvgIpc) is 2.74. The van der Waals surface area contributed by atoms with E-state index in [1.165, 1.54) is 16.3 Å². The molecule has 2 aromatic rings. The predicted octanol–water partition coefficient (Wildman–Crippen LogP) is 2.54. The van der Waals surface area contributed by atoms with E-state index in [-0.39, 0.29) is 11.3 Å². The lowest BCUT2D eigenvalue weighted by molar-refractivity contribution is -0.123. The van der Waals surface area contributed by atoms with Gasteiger partial charge in [-0.05, 0) is 37.5 Å². The average molecular weight is 442 g/mol.